The molecule has 18 heavy (non-hydrogen) atoms. The zero-order chi connectivity index (χ0) is 13.3. The summed E-state index contributed by atoms with van der Waals surface area (Å²) in [5, 5.41) is 0. The van der Waals surface area contributed by atoms with Gasteiger partial charge in [0.1, 0.15) is 11.6 Å². The first-order valence-corrected chi connectivity index (χ1v) is 6.93. The molecule has 1 aliphatic rings. The van der Waals surface area contributed by atoms with Gasteiger partial charge in [-0.3, -0.25) is 4.79 Å². The Labute approximate surface area is 114 Å². The average molecular weight is 317 g/mol. The average Bonchev–Trinajstić information content (AvgIpc) is 2.34. The lowest BCUT2D eigenvalue weighted by atomic mass is 9.71. The van der Waals surface area contributed by atoms with Crippen molar-refractivity contribution >= 4 is 21.7 Å². The molecule has 1 fully saturated rings. The van der Waals surface area contributed by atoms with Gasteiger partial charge in [0.05, 0.1) is 10.0 Å². The maximum Gasteiger partial charge on any atom is 0.171 e. The summed E-state index contributed by atoms with van der Waals surface area (Å²) in [6, 6.07) is 2.02. The van der Waals surface area contributed by atoms with E-state index in [4.69, 9.17) is 0 Å². The maximum absolute atomic E-state index is 13.8. The molecular formula is C14H15BrF2O. The van der Waals surface area contributed by atoms with Crippen molar-refractivity contribution in [3.05, 3.63) is 33.8 Å². The summed E-state index contributed by atoms with van der Waals surface area (Å²) >= 11 is 2.91. The van der Waals surface area contributed by atoms with Crippen molar-refractivity contribution in [2.45, 2.75) is 39.0 Å². The largest absolute Gasteiger partial charge is 0.293 e. The van der Waals surface area contributed by atoms with E-state index in [0.717, 1.165) is 44.2 Å². The summed E-state index contributed by atoms with van der Waals surface area (Å²) in [5.74, 6) is -1.52. The van der Waals surface area contributed by atoms with Crippen molar-refractivity contribution in [1.29, 1.82) is 0 Å². The highest BCUT2D eigenvalue weighted by Gasteiger charge is 2.36. The summed E-state index contributed by atoms with van der Waals surface area (Å²) in [6.45, 7) is 1.86. The Hall–Kier alpha value is -0.770. The minimum Gasteiger partial charge on any atom is -0.293 e. The van der Waals surface area contributed by atoms with E-state index in [9.17, 15) is 13.6 Å². The molecule has 0 amide bonds. The third kappa shape index (κ3) is 2.48. The Morgan fingerprint density at radius 1 is 1.17 bits per heavy atom. The molecule has 0 N–H and O–H groups in total. The van der Waals surface area contributed by atoms with Crippen LogP contribution in [0.3, 0.4) is 0 Å². The van der Waals surface area contributed by atoms with Crippen molar-refractivity contribution in [2.24, 2.45) is 5.41 Å². The standard InChI is InChI=1S/C14H15BrF2O/c1-14(5-3-2-4-6-14)13(18)9-7-12(17)10(15)8-11(9)16/h7-8H,2-6H2,1H3. The molecule has 0 heterocycles. The second kappa shape index (κ2) is 5.08. The molecule has 0 spiro atoms. The Balaban J connectivity index is 2.36. The summed E-state index contributed by atoms with van der Waals surface area (Å²) in [6.07, 6.45) is 4.57. The van der Waals surface area contributed by atoms with E-state index in [-0.39, 0.29) is 15.8 Å². The van der Waals surface area contributed by atoms with E-state index >= 15 is 0 Å². The molecule has 0 unspecified atom stereocenters. The fourth-order valence-corrected chi connectivity index (χ4v) is 2.90. The van der Waals surface area contributed by atoms with Crippen molar-refractivity contribution in [1.82, 2.24) is 0 Å². The molecule has 1 aliphatic carbocycles. The van der Waals surface area contributed by atoms with Gasteiger partial charge in [-0.25, -0.2) is 8.78 Å². The molecule has 1 aromatic rings. The van der Waals surface area contributed by atoms with Crippen molar-refractivity contribution in [3.8, 4) is 0 Å². The van der Waals surface area contributed by atoms with Crippen LogP contribution in [0.1, 0.15) is 49.4 Å². The zero-order valence-electron chi connectivity index (χ0n) is 10.2. The Morgan fingerprint density at radius 3 is 2.39 bits per heavy atom. The number of carbonyl (C=O) groups excluding carboxylic acids is 1. The Morgan fingerprint density at radius 2 is 1.78 bits per heavy atom. The molecule has 2 rings (SSSR count). The summed E-state index contributed by atoms with van der Waals surface area (Å²) in [5.41, 5.74) is -0.667. The lowest BCUT2D eigenvalue weighted by Gasteiger charge is -2.32. The predicted molar refractivity (Wildman–Crippen MR) is 69.6 cm³/mol. The topological polar surface area (TPSA) is 17.1 Å². The van der Waals surface area contributed by atoms with Crippen LogP contribution in [0.15, 0.2) is 16.6 Å². The molecule has 0 aliphatic heterocycles. The van der Waals surface area contributed by atoms with Crippen LogP contribution in [0, 0.1) is 17.0 Å². The number of Topliss-reactive ketones (excluding diaryl/α,β-unsaturated/α-hetero) is 1. The van der Waals surface area contributed by atoms with Crippen LogP contribution in [-0.2, 0) is 0 Å². The summed E-state index contributed by atoms with van der Waals surface area (Å²) in [4.78, 5) is 12.4. The van der Waals surface area contributed by atoms with Gasteiger partial charge in [0.25, 0.3) is 0 Å². The molecule has 1 aromatic carbocycles. The zero-order valence-corrected chi connectivity index (χ0v) is 11.8. The predicted octanol–water partition coefficient (Wildman–Crippen LogP) is 4.88. The SMILES string of the molecule is CC1(C(=O)c2cc(F)c(Br)cc2F)CCCCC1. The van der Waals surface area contributed by atoms with Crippen LogP contribution in [0.4, 0.5) is 8.78 Å². The number of hydrogen-bond acceptors (Lipinski definition) is 1. The fraction of sp³-hybridized carbons (Fsp3) is 0.500. The number of halogens is 3. The lowest BCUT2D eigenvalue weighted by molar-refractivity contribution is 0.0744. The van der Waals surface area contributed by atoms with Gasteiger partial charge >= 0.3 is 0 Å². The number of ketones is 1. The van der Waals surface area contributed by atoms with E-state index < -0.39 is 17.0 Å². The molecule has 0 saturated heterocycles. The van der Waals surface area contributed by atoms with Crippen LogP contribution < -0.4 is 0 Å². The minimum absolute atomic E-state index is 0.0466. The molecule has 4 heteroatoms. The second-order valence-corrected chi connectivity index (χ2v) is 6.05. The fourth-order valence-electron chi connectivity index (χ4n) is 2.58. The van der Waals surface area contributed by atoms with E-state index in [0.29, 0.717) is 0 Å². The van der Waals surface area contributed by atoms with E-state index in [1.807, 2.05) is 6.92 Å². The second-order valence-electron chi connectivity index (χ2n) is 5.20. The highest BCUT2D eigenvalue weighted by Crippen LogP contribution is 2.39. The first-order chi connectivity index (χ1) is 8.44. The minimum atomic E-state index is -0.653. The number of hydrogen-bond donors (Lipinski definition) is 0. The molecular weight excluding hydrogens is 302 g/mol. The van der Waals surface area contributed by atoms with E-state index in [2.05, 4.69) is 15.9 Å². The van der Waals surface area contributed by atoms with Gasteiger partial charge in [-0.05, 0) is 40.9 Å². The molecule has 0 bridgehead atoms. The van der Waals surface area contributed by atoms with E-state index in [1.165, 1.54) is 0 Å². The molecule has 0 aromatic heterocycles. The van der Waals surface area contributed by atoms with Crippen molar-refractivity contribution in [2.75, 3.05) is 0 Å². The third-order valence-electron chi connectivity index (χ3n) is 3.76. The molecule has 1 saturated carbocycles. The first-order valence-electron chi connectivity index (χ1n) is 6.13. The van der Waals surface area contributed by atoms with Gasteiger partial charge in [0.15, 0.2) is 5.78 Å². The van der Waals surface area contributed by atoms with Gasteiger partial charge in [0.2, 0.25) is 0 Å². The molecule has 0 atom stereocenters. The van der Waals surface area contributed by atoms with Crippen molar-refractivity contribution in [3.63, 3.8) is 0 Å². The van der Waals surface area contributed by atoms with Gasteiger partial charge in [0, 0.05) is 5.41 Å². The van der Waals surface area contributed by atoms with Crippen LogP contribution in [0.2, 0.25) is 0 Å². The Bertz CT molecular complexity index is 479. The van der Waals surface area contributed by atoms with Gasteiger partial charge in [-0.15, -0.1) is 0 Å². The summed E-state index contributed by atoms with van der Waals surface area (Å²) in [7, 11) is 0. The van der Waals surface area contributed by atoms with E-state index in [1.54, 1.807) is 0 Å². The monoisotopic (exact) mass is 316 g/mol. The highest BCUT2D eigenvalue weighted by atomic mass is 79.9. The normalized spacial score (nSPS) is 18.7. The van der Waals surface area contributed by atoms with Gasteiger partial charge < -0.3 is 0 Å². The number of carbonyl (C=O) groups is 1. The lowest BCUT2D eigenvalue weighted by Crippen LogP contribution is -2.31. The van der Waals surface area contributed by atoms with Gasteiger partial charge in [-0.1, -0.05) is 26.2 Å². The van der Waals surface area contributed by atoms with Crippen LogP contribution in [0.25, 0.3) is 0 Å². The quantitative estimate of drug-likeness (QED) is 0.561. The molecule has 0 radical (unpaired) electrons. The van der Waals surface area contributed by atoms with Crippen molar-refractivity contribution < 1.29 is 13.6 Å². The highest BCUT2D eigenvalue weighted by molar-refractivity contribution is 9.10. The number of rotatable bonds is 2. The van der Waals surface area contributed by atoms with Crippen LogP contribution in [-0.4, -0.2) is 5.78 Å². The third-order valence-corrected chi connectivity index (χ3v) is 4.37. The van der Waals surface area contributed by atoms with Crippen LogP contribution >= 0.6 is 15.9 Å². The molecule has 98 valence electrons. The van der Waals surface area contributed by atoms with Crippen LogP contribution in [0.5, 0.6) is 0 Å². The molecule has 1 nitrogen and oxygen atoms in total. The Kier molecular flexibility index (Phi) is 3.85. The maximum atomic E-state index is 13.8. The first kappa shape index (κ1) is 13.7. The van der Waals surface area contributed by atoms with Gasteiger partial charge in [-0.2, -0.15) is 0 Å². The smallest absolute Gasteiger partial charge is 0.171 e. The summed E-state index contributed by atoms with van der Waals surface area (Å²) < 4.78 is 27.3. The number of benzene rings is 1.